The molecule has 2 aromatic carbocycles. The number of hydrogen-bond acceptors (Lipinski definition) is 10. The zero-order chi connectivity index (χ0) is 53.4. The first kappa shape index (κ1) is 58.3. The normalized spacial score (nSPS) is 16.0. The molecule has 2 aromatic rings. The lowest BCUT2D eigenvalue weighted by Gasteiger charge is -2.32. The van der Waals surface area contributed by atoms with E-state index in [2.05, 4.69) is 12.5 Å². The van der Waals surface area contributed by atoms with Gasteiger partial charge >= 0.3 is 72.6 Å². The molecule has 0 fully saturated rings. The molecule has 1 aliphatic carbocycles. The molecule has 37 heteroatoms. The number of benzene rings is 2. The van der Waals surface area contributed by atoms with Gasteiger partial charge in [-0.05, 0) is 41.0 Å². The fourth-order valence-electron chi connectivity index (χ4n) is 5.15. The standard InChI is InChI=1S/C31H21F24NO9S3/c1-56(2)8-17-15-5-12(66(57,58)63-9-23(38,39)29(50,51)26(44,45)20(32)33)3-4-14(15)19-16(17)6-13(67(59,60)64-10-24(40,41)30(52,53)27(46,47)21(34)35)7-18(19)68(61,62)65-11-25(42,43)31(54,55)28(48,49)22(36)37/h3-8,20-22H,9-11H2,1-2H3/b17-8+. The summed E-state index contributed by atoms with van der Waals surface area (Å²) in [7, 11) is -17.4. The maximum Gasteiger partial charge on any atom is 0.380 e. The minimum atomic E-state index is -7.24. The van der Waals surface area contributed by atoms with Gasteiger partial charge in [-0.2, -0.15) is 104 Å². The Morgan fingerprint density at radius 1 is 0.471 bits per heavy atom. The van der Waals surface area contributed by atoms with Crippen molar-refractivity contribution in [2.45, 2.75) is 87.3 Å². The van der Waals surface area contributed by atoms with Gasteiger partial charge < -0.3 is 4.90 Å². The van der Waals surface area contributed by atoms with Crippen molar-refractivity contribution in [2.24, 2.45) is 0 Å². The van der Waals surface area contributed by atoms with Crippen molar-refractivity contribution in [1.82, 2.24) is 4.90 Å². The van der Waals surface area contributed by atoms with Crippen LogP contribution in [0.15, 0.2) is 51.2 Å². The highest BCUT2D eigenvalue weighted by Crippen LogP contribution is 2.54. The van der Waals surface area contributed by atoms with Crippen LogP contribution in [0.2, 0.25) is 0 Å². The molecule has 0 atom stereocenters. The third-order valence-electron chi connectivity index (χ3n) is 8.79. The highest BCUT2D eigenvalue weighted by molar-refractivity contribution is 7.87. The Balaban J connectivity index is 2.35. The third kappa shape index (κ3) is 10.00. The van der Waals surface area contributed by atoms with Crippen LogP contribution in [0.4, 0.5) is 105 Å². The van der Waals surface area contributed by atoms with Gasteiger partial charge in [-0.15, -0.1) is 0 Å². The van der Waals surface area contributed by atoms with E-state index in [4.69, 9.17) is 0 Å². The maximum absolute atomic E-state index is 14.4. The molecule has 0 unspecified atom stereocenters. The summed E-state index contributed by atoms with van der Waals surface area (Å²) < 4.78 is 415. The van der Waals surface area contributed by atoms with Crippen LogP contribution in [0.25, 0.3) is 16.7 Å². The summed E-state index contributed by atoms with van der Waals surface area (Å²) in [4.78, 5) is -5.05. The lowest BCUT2D eigenvalue weighted by molar-refractivity contribution is -0.342. The van der Waals surface area contributed by atoms with E-state index >= 15 is 0 Å². The van der Waals surface area contributed by atoms with E-state index in [1.54, 1.807) is 0 Å². The molecule has 0 heterocycles. The number of alkyl halides is 24. The first-order chi connectivity index (χ1) is 30.1. The van der Waals surface area contributed by atoms with Crippen LogP contribution in [0.3, 0.4) is 0 Å². The Bertz CT molecular complexity index is 2600. The molecule has 0 saturated carbocycles. The van der Waals surface area contributed by atoms with Gasteiger partial charge in [0.1, 0.15) is 24.7 Å². The summed E-state index contributed by atoms with van der Waals surface area (Å²) >= 11 is 0. The average Bonchev–Trinajstić information content (AvgIpc) is 3.49. The summed E-state index contributed by atoms with van der Waals surface area (Å²) in [6.45, 7) is -10.5. The van der Waals surface area contributed by atoms with Crippen LogP contribution < -0.4 is 0 Å². The number of hydrogen-bond donors (Lipinski definition) is 0. The fraction of sp³-hybridized carbons (Fsp3) is 0.548. The summed E-state index contributed by atoms with van der Waals surface area (Å²) in [6.07, 6.45) is -16.1. The molecule has 0 amide bonds. The average molecular weight is 1100 g/mol. The lowest BCUT2D eigenvalue weighted by atomic mass is 10.1. The monoisotopic (exact) mass is 1100 g/mol. The number of nitrogens with zero attached hydrogens (tertiary/aromatic N) is 1. The maximum atomic E-state index is 14.4. The van der Waals surface area contributed by atoms with Crippen molar-refractivity contribution in [3.05, 3.63) is 47.7 Å². The van der Waals surface area contributed by atoms with E-state index in [0.717, 1.165) is 19.0 Å². The molecule has 68 heavy (non-hydrogen) atoms. The smallest absolute Gasteiger partial charge is 0.380 e. The van der Waals surface area contributed by atoms with Crippen LogP contribution in [0, 0.1) is 0 Å². The van der Waals surface area contributed by atoms with E-state index in [1.165, 1.54) is 0 Å². The van der Waals surface area contributed by atoms with Crippen molar-refractivity contribution in [1.29, 1.82) is 0 Å². The van der Waals surface area contributed by atoms with Crippen LogP contribution in [-0.2, 0) is 42.9 Å². The molecule has 10 nitrogen and oxygen atoms in total. The van der Waals surface area contributed by atoms with Gasteiger partial charge in [0.05, 0.1) is 9.79 Å². The van der Waals surface area contributed by atoms with Gasteiger partial charge in [-0.3, -0.25) is 12.5 Å². The van der Waals surface area contributed by atoms with E-state index in [9.17, 15) is 131 Å². The van der Waals surface area contributed by atoms with E-state index in [-0.39, 0.29) is 24.3 Å². The molecule has 0 aliphatic heterocycles. The number of halogens is 24. The van der Waals surface area contributed by atoms with E-state index in [0.29, 0.717) is 6.20 Å². The van der Waals surface area contributed by atoms with Gasteiger partial charge in [0.25, 0.3) is 30.4 Å². The highest BCUT2D eigenvalue weighted by atomic mass is 32.2. The lowest BCUT2D eigenvalue weighted by Crippen LogP contribution is -2.59. The summed E-state index contributed by atoms with van der Waals surface area (Å²) in [6, 6.07) is -0.153. The van der Waals surface area contributed by atoms with Gasteiger partial charge in [-0.1, -0.05) is 6.07 Å². The Morgan fingerprint density at radius 3 is 1.13 bits per heavy atom. The molecular formula is C31H21F24NO9S3. The highest BCUT2D eigenvalue weighted by Gasteiger charge is 2.77. The van der Waals surface area contributed by atoms with Crippen LogP contribution in [0.1, 0.15) is 11.1 Å². The predicted molar refractivity (Wildman–Crippen MR) is 175 cm³/mol. The number of fused-ring (bicyclic) bond motifs is 3. The molecule has 0 radical (unpaired) electrons. The van der Waals surface area contributed by atoms with Gasteiger partial charge in [-0.25, -0.2) is 26.3 Å². The Hall–Kier alpha value is -3.97. The molecule has 0 N–H and O–H groups in total. The van der Waals surface area contributed by atoms with E-state index < -0.39 is 171 Å². The van der Waals surface area contributed by atoms with Crippen LogP contribution in [-0.4, -0.2) is 137 Å². The largest absolute Gasteiger partial charge is 0.383 e. The molecule has 0 saturated heterocycles. The molecule has 0 aromatic heterocycles. The molecule has 390 valence electrons. The molecular weight excluding hydrogens is 1080 g/mol. The second-order valence-corrected chi connectivity index (χ2v) is 18.6. The quantitative estimate of drug-likeness (QED) is 0.0709. The Morgan fingerprint density at radius 2 is 0.794 bits per heavy atom. The fourth-order valence-corrected chi connectivity index (χ4v) is 8.30. The van der Waals surface area contributed by atoms with Gasteiger partial charge in [0, 0.05) is 31.4 Å². The van der Waals surface area contributed by atoms with Crippen LogP contribution >= 0.6 is 0 Å². The van der Waals surface area contributed by atoms with Gasteiger partial charge in [0.2, 0.25) is 0 Å². The summed E-state index contributed by atoms with van der Waals surface area (Å²) in [5.41, 5.74) is -5.42. The second kappa shape index (κ2) is 18.0. The summed E-state index contributed by atoms with van der Waals surface area (Å²) in [5.74, 6) is -62.1. The van der Waals surface area contributed by atoms with Gasteiger partial charge in [0.15, 0.2) is 0 Å². The molecule has 3 rings (SSSR count). The topological polar surface area (TPSA) is 133 Å². The first-order valence-electron chi connectivity index (χ1n) is 16.7. The molecule has 0 spiro atoms. The van der Waals surface area contributed by atoms with Crippen molar-refractivity contribution >= 4 is 35.9 Å². The SMILES string of the molecule is CN(C)/C=C1\c2cc(S(=O)(=O)OCC(F)(F)C(F)(F)C(F)(F)C(F)F)ccc2-c2c1cc(S(=O)(=O)OCC(F)(F)C(F)(F)C(F)(F)C(F)F)cc2S(=O)(=O)OCC(F)(F)C(F)(F)C(F)(F)C(F)F. The Kier molecular flexibility index (Phi) is 15.5. The zero-order valence-electron chi connectivity index (χ0n) is 32.2. The third-order valence-corrected chi connectivity index (χ3v) is 12.6. The zero-order valence-corrected chi connectivity index (χ0v) is 34.7. The Labute approximate surface area is 363 Å². The van der Waals surface area contributed by atoms with Crippen molar-refractivity contribution < 1.29 is 143 Å². The second-order valence-electron chi connectivity index (χ2n) is 13.8. The van der Waals surface area contributed by atoms with Crippen LogP contribution in [0.5, 0.6) is 0 Å². The van der Waals surface area contributed by atoms with Crippen molar-refractivity contribution in [2.75, 3.05) is 33.9 Å². The summed E-state index contributed by atoms with van der Waals surface area (Å²) in [5, 5.41) is 0. The minimum Gasteiger partial charge on any atom is -0.383 e. The number of rotatable bonds is 22. The molecule has 1 aliphatic rings. The molecule has 0 bridgehead atoms. The van der Waals surface area contributed by atoms with E-state index in [1.807, 2.05) is 0 Å². The minimum absolute atomic E-state index is 0.0362. The first-order valence-corrected chi connectivity index (χ1v) is 20.9. The predicted octanol–water partition coefficient (Wildman–Crippen LogP) is 9.25. The van der Waals surface area contributed by atoms with Crippen molar-refractivity contribution in [3.8, 4) is 11.1 Å². The van der Waals surface area contributed by atoms with Crippen molar-refractivity contribution in [3.63, 3.8) is 0 Å².